The summed E-state index contributed by atoms with van der Waals surface area (Å²) in [5.41, 5.74) is 3.56. The Morgan fingerprint density at radius 3 is 2.70 bits per heavy atom. The molecule has 3 fully saturated rings. The van der Waals surface area contributed by atoms with Gasteiger partial charge in [-0.1, -0.05) is 0 Å². The van der Waals surface area contributed by atoms with Crippen molar-refractivity contribution in [3.8, 4) is 0 Å². The van der Waals surface area contributed by atoms with E-state index in [1.165, 1.54) is 38.5 Å². The van der Waals surface area contributed by atoms with Gasteiger partial charge in [0.2, 0.25) is 0 Å². The molecule has 0 unspecified atom stereocenters. The Morgan fingerprint density at radius 2 is 1.90 bits per heavy atom. The molecule has 3 aliphatic rings. The Kier molecular flexibility index (Phi) is 3.72. The summed E-state index contributed by atoms with van der Waals surface area (Å²) >= 11 is 0.607. The van der Waals surface area contributed by atoms with Crippen LogP contribution in [0.3, 0.4) is 0 Å². The molecule has 0 N–H and O–H groups in total. The topological polar surface area (TPSA) is 9.23 Å². The van der Waals surface area contributed by atoms with Gasteiger partial charge < -0.3 is 0 Å². The van der Waals surface area contributed by atoms with E-state index < -0.39 is 0 Å². The Morgan fingerprint density at radius 1 is 1.00 bits per heavy atom. The second-order valence-electron chi connectivity index (χ2n) is 6.19. The third-order valence-electron chi connectivity index (χ3n) is 4.86. The third-order valence-corrected chi connectivity index (χ3v) is 7.69. The van der Waals surface area contributed by atoms with Crippen LogP contribution in [0.15, 0.2) is 41.5 Å². The molecule has 0 spiro atoms. The summed E-state index contributed by atoms with van der Waals surface area (Å²) in [6.45, 7) is 0.993. The molecule has 1 aliphatic heterocycles. The summed E-state index contributed by atoms with van der Waals surface area (Å²) in [4.78, 5) is 0.850. The predicted octanol–water partition coefficient (Wildman–Crippen LogP) is 3.48. The van der Waals surface area contributed by atoms with Gasteiger partial charge in [0.05, 0.1) is 0 Å². The number of fused-ring (bicyclic) bond motifs is 1. The molecule has 1 aromatic carbocycles. The number of benzene rings is 1. The molecule has 2 saturated carbocycles. The van der Waals surface area contributed by atoms with Crippen LogP contribution in [-0.2, 0) is 4.74 Å². The van der Waals surface area contributed by atoms with Gasteiger partial charge in [-0.05, 0) is 0 Å². The van der Waals surface area contributed by atoms with Crippen LogP contribution in [0.2, 0.25) is 4.82 Å². The molecule has 20 heavy (non-hydrogen) atoms. The molecule has 4 rings (SSSR count). The van der Waals surface area contributed by atoms with Crippen LogP contribution in [0.25, 0.3) is 0 Å². The summed E-state index contributed by atoms with van der Waals surface area (Å²) in [6, 6.07) is 11.1. The van der Waals surface area contributed by atoms with Crippen molar-refractivity contribution in [1.29, 1.82) is 0 Å². The molecule has 0 bridgehead atoms. The van der Waals surface area contributed by atoms with Crippen molar-refractivity contribution in [2.45, 2.75) is 49.4 Å². The van der Waals surface area contributed by atoms with E-state index in [4.69, 9.17) is 4.74 Å². The molecule has 1 aromatic rings. The number of hydrogen-bond donors (Lipinski definition) is 0. The van der Waals surface area contributed by atoms with Gasteiger partial charge in [-0.2, -0.15) is 0 Å². The van der Waals surface area contributed by atoms with Gasteiger partial charge in [0.1, 0.15) is 0 Å². The van der Waals surface area contributed by atoms with E-state index in [1.54, 1.807) is 10.0 Å². The van der Waals surface area contributed by atoms with Crippen LogP contribution in [0.4, 0.5) is 0 Å². The molecule has 2 heteroatoms. The zero-order chi connectivity index (χ0) is 13.4. The van der Waals surface area contributed by atoms with E-state index in [0.29, 0.717) is 21.1 Å². The molecule has 0 radical (unpaired) electrons. The maximum absolute atomic E-state index is 5.97. The van der Waals surface area contributed by atoms with Gasteiger partial charge in [0.25, 0.3) is 0 Å². The quantitative estimate of drug-likeness (QED) is 0.595. The SMILES string of the molecule is c1ccc([Se][C@@H]2CCCC/C2=C2\[C@H]3CCCO[C@@H]23)cc1. The van der Waals surface area contributed by atoms with Crippen LogP contribution in [-0.4, -0.2) is 27.7 Å². The first-order valence-corrected chi connectivity index (χ1v) is 9.84. The first-order valence-electron chi connectivity index (χ1n) is 7.99. The standard InChI is InChI=1S/C18H22OSe/c1-2-7-13(8-3-1)20-16-11-5-4-9-14(16)17-15-10-6-12-19-18(15)17/h1-3,7-8,15-16,18H,4-6,9-12H2/b17-14-/t15-,16-,18-/m1/s1. The van der Waals surface area contributed by atoms with Gasteiger partial charge in [0, 0.05) is 0 Å². The third kappa shape index (κ3) is 2.50. The number of allylic oxidation sites excluding steroid dienone is 1. The van der Waals surface area contributed by atoms with Crippen molar-refractivity contribution in [2.75, 3.05) is 6.61 Å². The monoisotopic (exact) mass is 334 g/mol. The van der Waals surface area contributed by atoms with E-state index in [9.17, 15) is 0 Å². The van der Waals surface area contributed by atoms with Crippen LogP contribution in [0.1, 0.15) is 38.5 Å². The van der Waals surface area contributed by atoms with Crippen LogP contribution < -0.4 is 4.46 Å². The van der Waals surface area contributed by atoms with Crippen LogP contribution in [0.5, 0.6) is 0 Å². The number of ether oxygens (including phenoxy) is 1. The van der Waals surface area contributed by atoms with Crippen molar-refractivity contribution in [1.82, 2.24) is 0 Å². The Balaban J connectivity index is 1.56. The average Bonchev–Trinajstić information content (AvgIpc) is 3.23. The number of hydrogen-bond acceptors (Lipinski definition) is 1. The molecular formula is C18H22OSe. The summed E-state index contributed by atoms with van der Waals surface area (Å²) in [5, 5.41) is 0. The summed E-state index contributed by atoms with van der Waals surface area (Å²) in [5.74, 6) is 0.811. The molecule has 1 saturated heterocycles. The van der Waals surface area contributed by atoms with E-state index in [0.717, 1.165) is 17.3 Å². The number of rotatable bonds is 2. The second kappa shape index (κ2) is 5.67. The molecule has 106 valence electrons. The van der Waals surface area contributed by atoms with Crippen molar-refractivity contribution in [2.24, 2.45) is 5.92 Å². The average molecular weight is 333 g/mol. The second-order valence-corrected chi connectivity index (χ2v) is 8.86. The molecule has 0 amide bonds. The first-order chi connectivity index (χ1) is 9.93. The Bertz CT molecular complexity index is 493. The van der Waals surface area contributed by atoms with Gasteiger partial charge >= 0.3 is 128 Å². The van der Waals surface area contributed by atoms with Gasteiger partial charge in [-0.15, -0.1) is 0 Å². The minimum absolute atomic E-state index is 0.533. The molecular weight excluding hydrogens is 311 g/mol. The maximum atomic E-state index is 5.97. The van der Waals surface area contributed by atoms with Crippen LogP contribution in [0, 0.1) is 5.92 Å². The van der Waals surface area contributed by atoms with Gasteiger partial charge in [-0.3, -0.25) is 0 Å². The van der Waals surface area contributed by atoms with Crippen molar-refractivity contribution in [3.63, 3.8) is 0 Å². The van der Waals surface area contributed by atoms with Crippen molar-refractivity contribution < 1.29 is 4.74 Å². The van der Waals surface area contributed by atoms with Crippen molar-refractivity contribution in [3.05, 3.63) is 41.5 Å². The van der Waals surface area contributed by atoms with Crippen LogP contribution >= 0.6 is 0 Å². The normalized spacial score (nSPS) is 36.5. The molecule has 1 heterocycles. The fourth-order valence-corrected chi connectivity index (χ4v) is 6.62. The predicted molar refractivity (Wildman–Crippen MR) is 83.5 cm³/mol. The van der Waals surface area contributed by atoms with Crippen molar-refractivity contribution >= 4 is 19.4 Å². The molecule has 2 aliphatic carbocycles. The molecule has 1 nitrogen and oxygen atoms in total. The molecule has 0 aromatic heterocycles. The summed E-state index contributed by atoms with van der Waals surface area (Å²) in [6.07, 6.45) is 8.77. The zero-order valence-corrected chi connectivity index (χ0v) is 13.6. The summed E-state index contributed by atoms with van der Waals surface area (Å²) in [7, 11) is 0. The minimum atomic E-state index is 0.533. The van der Waals surface area contributed by atoms with Gasteiger partial charge in [0.15, 0.2) is 0 Å². The zero-order valence-electron chi connectivity index (χ0n) is 11.9. The fourth-order valence-electron chi connectivity index (χ4n) is 3.84. The summed E-state index contributed by atoms with van der Waals surface area (Å²) < 4.78 is 7.53. The van der Waals surface area contributed by atoms with E-state index >= 15 is 0 Å². The first kappa shape index (κ1) is 13.1. The Labute approximate surface area is 127 Å². The fraction of sp³-hybridized carbons (Fsp3) is 0.556. The van der Waals surface area contributed by atoms with E-state index in [-0.39, 0.29) is 0 Å². The van der Waals surface area contributed by atoms with Gasteiger partial charge in [-0.25, -0.2) is 0 Å². The van der Waals surface area contributed by atoms with E-state index in [1.807, 2.05) is 5.57 Å². The van der Waals surface area contributed by atoms with E-state index in [2.05, 4.69) is 30.3 Å². The Hall–Kier alpha value is -0.561. The molecule has 3 atom stereocenters.